The third-order valence-corrected chi connectivity index (χ3v) is 6.89. The van der Waals surface area contributed by atoms with Crippen LogP contribution in [-0.2, 0) is 22.0 Å². The summed E-state index contributed by atoms with van der Waals surface area (Å²) >= 11 is 0. The Hall–Kier alpha value is -3.64. The number of hydrogen-bond acceptors (Lipinski definition) is 7. The number of alkyl halides is 3. The molecule has 0 unspecified atom stereocenters. The van der Waals surface area contributed by atoms with Gasteiger partial charge >= 0.3 is 13.3 Å². The van der Waals surface area contributed by atoms with Gasteiger partial charge in [0.15, 0.2) is 0 Å². The van der Waals surface area contributed by atoms with Crippen LogP contribution < -0.4 is 16.2 Å². The molecule has 1 saturated heterocycles. The van der Waals surface area contributed by atoms with Gasteiger partial charge in [0.2, 0.25) is 5.95 Å². The largest absolute Gasteiger partial charge is 0.496 e. The lowest BCUT2D eigenvalue weighted by atomic mass is 9.77. The third kappa shape index (κ3) is 5.46. The summed E-state index contributed by atoms with van der Waals surface area (Å²) in [7, 11) is 0.815. The monoisotopic (exact) mass is 527 g/mol. The molecule has 1 aliphatic rings. The molecule has 38 heavy (non-hydrogen) atoms. The maximum absolute atomic E-state index is 13.8. The van der Waals surface area contributed by atoms with Crippen molar-refractivity contribution in [3.05, 3.63) is 77.6 Å². The van der Waals surface area contributed by atoms with E-state index in [1.807, 2.05) is 27.7 Å². The van der Waals surface area contributed by atoms with Crippen LogP contribution in [0, 0.1) is 0 Å². The van der Waals surface area contributed by atoms with E-state index >= 15 is 0 Å². The van der Waals surface area contributed by atoms with Crippen molar-refractivity contribution in [2.75, 3.05) is 17.8 Å². The number of anilines is 2. The van der Waals surface area contributed by atoms with E-state index in [2.05, 4.69) is 9.97 Å². The number of nitrogens with zero attached hydrogens (tertiary/aromatic N) is 4. The number of amides is 1. The van der Waals surface area contributed by atoms with Crippen LogP contribution >= 0.6 is 0 Å². The van der Waals surface area contributed by atoms with Gasteiger partial charge in [-0.15, -0.1) is 0 Å². The molecule has 1 aliphatic heterocycles. The lowest BCUT2D eigenvalue weighted by Crippen LogP contribution is -2.45. The fraction of sp³-hybridized carbons (Fsp3) is 0.346. The molecule has 8 nitrogen and oxygen atoms in total. The van der Waals surface area contributed by atoms with Crippen LogP contribution in [0.5, 0.6) is 0 Å². The molecule has 12 heteroatoms. The van der Waals surface area contributed by atoms with Gasteiger partial charge in [0.1, 0.15) is 0 Å². The van der Waals surface area contributed by atoms with Crippen LogP contribution in [0.4, 0.5) is 24.8 Å². The number of benzene rings is 2. The molecule has 0 radical (unpaired) electrons. The van der Waals surface area contributed by atoms with E-state index in [-0.39, 0.29) is 18.1 Å². The zero-order valence-electron chi connectivity index (χ0n) is 21.8. The van der Waals surface area contributed by atoms with Crippen LogP contribution in [0.2, 0.25) is 0 Å². The smallest absolute Gasteiger partial charge is 0.399 e. The minimum Gasteiger partial charge on any atom is -0.399 e. The fourth-order valence-corrected chi connectivity index (χ4v) is 3.88. The summed E-state index contributed by atoms with van der Waals surface area (Å²) < 4.78 is 51.4. The number of nitrogens with two attached hydrogens (primary N) is 1. The van der Waals surface area contributed by atoms with E-state index in [1.54, 1.807) is 31.3 Å². The predicted octanol–water partition coefficient (Wildman–Crippen LogP) is 4.07. The molecule has 4 rings (SSSR count). The standard InChI is InChI=1S/C26H29BF3N5O3/c1-24(2)25(3,4)38-27(37-24)20-15-18(9-12-21(20)31)22(36)35(34(5)23-32-13-6-14-33-23)16-17-7-10-19(11-8-17)26(28,29)30/h6-15H,16,31H2,1-5H3. The molecule has 2 heterocycles. The highest BCUT2D eigenvalue weighted by molar-refractivity contribution is 6.64. The molecule has 0 bridgehead atoms. The van der Waals surface area contributed by atoms with Gasteiger partial charge in [-0.05, 0) is 69.7 Å². The van der Waals surface area contributed by atoms with Gasteiger partial charge < -0.3 is 15.0 Å². The Balaban J connectivity index is 1.68. The lowest BCUT2D eigenvalue weighted by Gasteiger charge is -2.32. The molecule has 2 aromatic carbocycles. The highest BCUT2D eigenvalue weighted by atomic mass is 19.4. The lowest BCUT2D eigenvalue weighted by molar-refractivity contribution is -0.137. The Morgan fingerprint density at radius 1 is 1.00 bits per heavy atom. The molecule has 1 aromatic heterocycles. The quantitative estimate of drug-likeness (QED) is 0.294. The number of halogens is 3. The van der Waals surface area contributed by atoms with E-state index in [4.69, 9.17) is 15.0 Å². The summed E-state index contributed by atoms with van der Waals surface area (Å²) in [5.74, 6) is -0.216. The molecule has 0 spiro atoms. The van der Waals surface area contributed by atoms with Crippen LogP contribution in [0.1, 0.15) is 49.2 Å². The van der Waals surface area contributed by atoms with Gasteiger partial charge in [-0.25, -0.2) is 15.0 Å². The third-order valence-electron chi connectivity index (χ3n) is 6.89. The topological polar surface area (TPSA) is 93.8 Å². The summed E-state index contributed by atoms with van der Waals surface area (Å²) in [4.78, 5) is 22.3. The van der Waals surface area contributed by atoms with Crippen LogP contribution in [0.3, 0.4) is 0 Å². The Bertz CT molecular complexity index is 1290. The first-order valence-electron chi connectivity index (χ1n) is 11.9. The number of rotatable bonds is 6. The second kappa shape index (κ2) is 9.92. The SMILES string of the molecule is CN(c1ncccn1)N(Cc1ccc(C(F)(F)F)cc1)C(=O)c1ccc(N)c(B2OC(C)(C)C(C)(C)O2)c1. The highest BCUT2D eigenvalue weighted by Crippen LogP contribution is 2.37. The molecule has 2 N–H and O–H groups in total. The molecule has 0 aliphatic carbocycles. The predicted molar refractivity (Wildman–Crippen MR) is 138 cm³/mol. The van der Waals surface area contributed by atoms with E-state index in [9.17, 15) is 18.0 Å². The van der Waals surface area contributed by atoms with Crippen molar-refractivity contribution >= 4 is 30.1 Å². The number of nitrogen functional groups attached to an aromatic ring is 1. The molecule has 3 aromatic rings. The van der Waals surface area contributed by atoms with Crippen molar-refractivity contribution in [1.82, 2.24) is 15.0 Å². The van der Waals surface area contributed by atoms with Crippen molar-refractivity contribution in [3.63, 3.8) is 0 Å². The van der Waals surface area contributed by atoms with Crippen molar-refractivity contribution < 1.29 is 27.3 Å². The number of hydrogen-bond donors (Lipinski definition) is 1. The number of carbonyl (C=O) groups excluding carboxylic acids is 1. The molecule has 0 saturated carbocycles. The summed E-state index contributed by atoms with van der Waals surface area (Å²) in [6, 6.07) is 11.1. The average molecular weight is 527 g/mol. The van der Waals surface area contributed by atoms with E-state index < -0.39 is 36.0 Å². The molecule has 1 fully saturated rings. The van der Waals surface area contributed by atoms with Gasteiger partial charge in [0.05, 0.1) is 23.3 Å². The zero-order chi connectivity index (χ0) is 27.9. The minimum atomic E-state index is -4.46. The fourth-order valence-electron chi connectivity index (χ4n) is 3.88. The number of aromatic nitrogens is 2. The number of carbonyl (C=O) groups is 1. The van der Waals surface area contributed by atoms with Gasteiger partial charge in [0, 0.05) is 36.2 Å². The van der Waals surface area contributed by atoms with E-state index in [1.165, 1.54) is 34.5 Å². The normalized spacial score (nSPS) is 16.4. The van der Waals surface area contributed by atoms with E-state index in [0.717, 1.165) is 12.1 Å². The van der Waals surface area contributed by atoms with Gasteiger partial charge in [-0.3, -0.25) is 9.80 Å². The van der Waals surface area contributed by atoms with Gasteiger partial charge in [-0.1, -0.05) is 12.1 Å². The average Bonchev–Trinajstić information content (AvgIpc) is 3.08. The first-order valence-corrected chi connectivity index (χ1v) is 11.9. The van der Waals surface area contributed by atoms with Crippen molar-refractivity contribution in [2.24, 2.45) is 0 Å². The summed E-state index contributed by atoms with van der Waals surface area (Å²) in [5.41, 5.74) is 5.91. The van der Waals surface area contributed by atoms with Crippen molar-refractivity contribution in [2.45, 2.75) is 51.6 Å². The van der Waals surface area contributed by atoms with Crippen molar-refractivity contribution in [1.29, 1.82) is 0 Å². The van der Waals surface area contributed by atoms with Crippen molar-refractivity contribution in [3.8, 4) is 0 Å². The Kier molecular flexibility index (Phi) is 7.15. The summed E-state index contributed by atoms with van der Waals surface area (Å²) in [6.07, 6.45) is -1.41. The number of hydrazine groups is 1. The van der Waals surface area contributed by atoms with Gasteiger partial charge in [0.25, 0.3) is 5.91 Å². The van der Waals surface area contributed by atoms with Crippen LogP contribution in [0.15, 0.2) is 60.9 Å². The first-order chi connectivity index (χ1) is 17.7. The Labute approximate surface area is 219 Å². The summed E-state index contributed by atoms with van der Waals surface area (Å²) in [6.45, 7) is 7.62. The molecule has 0 atom stereocenters. The Morgan fingerprint density at radius 2 is 1.58 bits per heavy atom. The highest BCUT2D eigenvalue weighted by Gasteiger charge is 2.52. The molecule has 1 amide bonds. The maximum atomic E-state index is 13.8. The second-order valence-corrected chi connectivity index (χ2v) is 10.1. The molecule has 200 valence electrons. The Morgan fingerprint density at radius 3 is 2.13 bits per heavy atom. The van der Waals surface area contributed by atoms with Crippen LogP contribution in [0.25, 0.3) is 0 Å². The molecular formula is C26H29BF3N5O3. The van der Waals surface area contributed by atoms with Crippen LogP contribution in [-0.4, -0.2) is 46.3 Å². The van der Waals surface area contributed by atoms with E-state index in [0.29, 0.717) is 16.7 Å². The molecular weight excluding hydrogens is 498 g/mol. The maximum Gasteiger partial charge on any atom is 0.496 e. The first kappa shape index (κ1) is 27.4. The minimum absolute atomic E-state index is 0.0398. The zero-order valence-corrected chi connectivity index (χ0v) is 21.8. The second-order valence-electron chi connectivity index (χ2n) is 10.1. The summed E-state index contributed by atoms with van der Waals surface area (Å²) in [5, 5.41) is 2.79. The van der Waals surface area contributed by atoms with Gasteiger partial charge in [-0.2, -0.15) is 13.2 Å².